The molecule has 0 fully saturated rings. The van der Waals surface area contributed by atoms with Crippen molar-refractivity contribution in [3.63, 3.8) is 0 Å². The van der Waals surface area contributed by atoms with E-state index in [0.717, 1.165) is 16.7 Å². The molecule has 5 rings (SSSR count). The molecule has 4 aromatic rings. The summed E-state index contributed by atoms with van der Waals surface area (Å²) < 4.78 is 93.9. The Morgan fingerprint density at radius 3 is 1.09 bits per heavy atom. The van der Waals surface area contributed by atoms with Gasteiger partial charge in [-0.15, -0.1) is 0 Å². The highest BCUT2D eigenvalue weighted by molar-refractivity contribution is 7.89. The molecule has 0 saturated heterocycles. The van der Waals surface area contributed by atoms with Gasteiger partial charge in [-0.3, -0.25) is 0 Å². The first-order valence-corrected chi connectivity index (χ1v) is 19.4. The molecule has 0 atom stereocenters. The molecule has 47 heavy (non-hydrogen) atoms. The molecule has 0 N–H and O–H groups in total. The molecule has 0 radical (unpaired) electrons. The van der Waals surface area contributed by atoms with Crippen molar-refractivity contribution in [2.24, 2.45) is 0 Å². The second-order valence-corrected chi connectivity index (χ2v) is 17.4. The van der Waals surface area contributed by atoms with E-state index in [0.29, 0.717) is 16.9 Å². The molecule has 0 amide bonds. The average molecular weight is 698 g/mol. The zero-order valence-electron chi connectivity index (χ0n) is 26.8. The molecule has 0 saturated carbocycles. The van der Waals surface area contributed by atoms with Crippen LogP contribution in [0, 0.1) is 20.8 Å². The summed E-state index contributed by atoms with van der Waals surface area (Å²) in [5.74, 6) is 0.366. The van der Waals surface area contributed by atoms with Crippen molar-refractivity contribution in [1.82, 2.24) is 12.9 Å². The van der Waals surface area contributed by atoms with Gasteiger partial charge in [-0.1, -0.05) is 71.3 Å². The third-order valence-electron chi connectivity index (χ3n) is 8.25. The number of nitrogens with zero attached hydrogens (tertiary/aromatic N) is 3. The minimum atomic E-state index is -4.15. The number of fused-ring (bicyclic) bond motifs is 2. The smallest absolute Gasteiger partial charge is 0.243 e. The fourth-order valence-electron chi connectivity index (χ4n) is 5.47. The fourth-order valence-corrected chi connectivity index (χ4v) is 9.71. The van der Waals surface area contributed by atoms with E-state index in [1.54, 1.807) is 54.6 Å². The van der Waals surface area contributed by atoms with E-state index in [9.17, 15) is 25.3 Å². The second-order valence-electron chi connectivity index (χ2n) is 11.6. The van der Waals surface area contributed by atoms with Crippen LogP contribution in [0.25, 0.3) is 0 Å². The summed E-state index contributed by atoms with van der Waals surface area (Å²) >= 11 is 0. The van der Waals surface area contributed by atoms with E-state index in [4.69, 9.17) is 4.74 Å². The van der Waals surface area contributed by atoms with Crippen molar-refractivity contribution in [2.75, 3.05) is 33.3 Å². The lowest BCUT2D eigenvalue weighted by Crippen LogP contribution is -2.45. The Hall–Kier alpha value is -3.59. The minimum absolute atomic E-state index is 0.0305. The van der Waals surface area contributed by atoms with Crippen LogP contribution in [0.5, 0.6) is 5.75 Å². The molecule has 1 aliphatic rings. The Labute approximate surface area is 278 Å². The molecule has 0 aliphatic carbocycles. The van der Waals surface area contributed by atoms with Gasteiger partial charge in [0, 0.05) is 50.4 Å². The number of ether oxygens (including phenoxy) is 1. The van der Waals surface area contributed by atoms with Crippen LogP contribution in [0.4, 0.5) is 0 Å². The van der Waals surface area contributed by atoms with Crippen molar-refractivity contribution < 1.29 is 30.0 Å². The Bertz CT molecular complexity index is 1940. The SMILES string of the molecule is COc1c2cccc1CN(S(=O)(=O)c1ccc(C)cc1)CCN(S(=O)(=O)c1ccc(C)cc1)CCN(S(=O)(=O)c1ccc(C)cc1)C2. The average Bonchev–Trinajstić information content (AvgIpc) is 3.03. The van der Waals surface area contributed by atoms with Crippen LogP contribution in [0.2, 0.25) is 0 Å². The Morgan fingerprint density at radius 1 is 0.468 bits per heavy atom. The predicted molar refractivity (Wildman–Crippen MR) is 180 cm³/mol. The van der Waals surface area contributed by atoms with E-state index in [1.165, 1.54) is 56.4 Å². The van der Waals surface area contributed by atoms with Crippen LogP contribution in [-0.2, 0) is 43.2 Å². The van der Waals surface area contributed by atoms with Crippen molar-refractivity contribution in [2.45, 2.75) is 48.5 Å². The molecule has 1 heterocycles. The van der Waals surface area contributed by atoms with Gasteiger partial charge in [0.2, 0.25) is 30.1 Å². The maximum absolute atomic E-state index is 14.1. The van der Waals surface area contributed by atoms with Gasteiger partial charge in [-0.25, -0.2) is 25.3 Å². The number of para-hydroxylation sites is 1. The lowest BCUT2D eigenvalue weighted by atomic mass is 10.1. The summed E-state index contributed by atoms with van der Waals surface area (Å²) in [5.41, 5.74) is 3.70. The standard InChI is InChI=1S/C34H39N3O7S3/c1-26-8-14-31(15-9-26)45(38,39)35-20-22-36(46(40,41)32-16-10-27(2)11-17-32)24-29-6-5-7-30(34(29)44-4)25-37(23-21-35)47(42,43)33-18-12-28(3)13-19-33/h5-19H,20-25H2,1-4H3. The molecule has 10 nitrogen and oxygen atoms in total. The van der Waals surface area contributed by atoms with Crippen LogP contribution < -0.4 is 4.74 Å². The van der Waals surface area contributed by atoms with Crippen LogP contribution in [0.15, 0.2) is 106 Å². The summed E-state index contributed by atoms with van der Waals surface area (Å²) in [6.07, 6.45) is 0. The summed E-state index contributed by atoms with van der Waals surface area (Å²) in [7, 11) is -10.9. The zero-order chi connectivity index (χ0) is 34.0. The second kappa shape index (κ2) is 13.9. The highest BCUT2D eigenvalue weighted by Gasteiger charge is 2.33. The normalized spacial score (nSPS) is 16.3. The van der Waals surface area contributed by atoms with Crippen molar-refractivity contribution in [3.05, 3.63) is 119 Å². The van der Waals surface area contributed by atoms with Crippen molar-refractivity contribution in [1.29, 1.82) is 0 Å². The summed E-state index contributed by atoms with van der Waals surface area (Å²) in [5, 5.41) is 0. The largest absolute Gasteiger partial charge is 0.496 e. The van der Waals surface area contributed by atoms with Crippen LogP contribution in [-0.4, -0.2) is 71.5 Å². The van der Waals surface area contributed by atoms with E-state index >= 15 is 0 Å². The predicted octanol–water partition coefficient (Wildman–Crippen LogP) is 4.71. The molecule has 2 bridgehead atoms. The van der Waals surface area contributed by atoms with Crippen molar-refractivity contribution in [3.8, 4) is 5.75 Å². The quantitative estimate of drug-likeness (QED) is 0.274. The third kappa shape index (κ3) is 7.45. The van der Waals surface area contributed by atoms with Crippen LogP contribution in [0.1, 0.15) is 27.8 Å². The van der Waals surface area contributed by atoms with E-state index < -0.39 is 30.1 Å². The lowest BCUT2D eigenvalue weighted by Gasteiger charge is -2.31. The minimum Gasteiger partial charge on any atom is -0.496 e. The summed E-state index contributed by atoms with van der Waals surface area (Å²) in [6.45, 7) is 4.48. The monoisotopic (exact) mass is 697 g/mol. The number of aryl methyl sites for hydroxylation is 3. The van der Waals surface area contributed by atoms with Gasteiger partial charge in [0.15, 0.2) is 0 Å². The third-order valence-corrected chi connectivity index (χ3v) is 13.9. The van der Waals surface area contributed by atoms with Gasteiger partial charge in [0.1, 0.15) is 5.75 Å². The van der Waals surface area contributed by atoms with E-state index in [1.807, 2.05) is 20.8 Å². The number of sulfonamides is 3. The number of rotatable bonds is 7. The highest BCUT2D eigenvalue weighted by Crippen LogP contribution is 2.31. The first kappa shape index (κ1) is 34.7. The van der Waals surface area contributed by atoms with Gasteiger partial charge >= 0.3 is 0 Å². The summed E-state index contributed by atoms with van der Waals surface area (Å²) in [6, 6.07) is 24.5. The number of benzene rings is 4. The highest BCUT2D eigenvalue weighted by atomic mass is 32.2. The topological polar surface area (TPSA) is 121 Å². The first-order chi connectivity index (χ1) is 22.2. The van der Waals surface area contributed by atoms with Gasteiger partial charge < -0.3 is 4.74 Å². The molecule has 0 unspecified atom stereocenters. The van der Waals surface area contributed by atoms with Gasteiger partial charge in [0.05, 0.1) is 21.8 Å². The molecule has 13 heteroatoms. The summed E-state index contributed by atoms with van der Waals surface area (Å²) in [4.78, 5) is 0.185. The van der Waals surface area contributed by atoms with E-state index in [2.05, 4.69) is 0 Å². The maximum Gasteiger partial charge on any atom is 0.243 e. The molecule has 1 aliphatic heterocycles. The molecular weight excluding hydrogens is 659 g/mol. The Morgan fingerprint density at radius 2 is 0.766 bits per heavy atom. The molecule has 250 valence electrons. The fraction of sp³-hybridized carbons (Fsp3) is 0.294. The molecule has 4 aromatic carbocycles. The maximum atomic E-state index is 14.1. The van der Waals surface area contributed by atoms with Gasteiger partial charge in [-0.05, 0) is 57.2 Å². The molecule has 0 aromatic heterocycles. The van der Waals surface area contributed by atoms with Crippen molar-refractivity contribution >= 4 is 30.1 Å². The Kier molecular flexibility index (Phi) is 10.3. The Balaban J connectivity index is 1.64. The molecular formula is C34H39N3O7S3. The molecule has 0 spiro atoms. The van der Waals surface area contributed by atoms with E-state index in [-0.39, 0.29) is 54.0 Å². The van der Waals surface area contributed by atoms with Gasteiger partial charge in [0.25, 0.3) is 0 Å². The zero-order valence-corrected chi connectivity index (χ0v) is 29.3. The van der Waals surface area contributed by atoms with Crippen LogP contribution in [0.3, 0.4) is 0 Å². The van der Waals surface area contributed by atoms with Gasteiger partial charge in [-0.2, -0.15) is 12.9 Å². The number of hydrogen-bond donors (Lipinski definition) is 0. The number of hydrogen-bond acceptors (Lipinski definition) is 7. The lowest BCUT2D eigenvalue weighted by molar-refractivity contribution is 0.301. The first-order valence-electron chi connectivity index (χ1n) is 15.1. The number of methoxy groups -OCH3 is 1. The van der Waals surface area contributed by atoms with Crippen LogP contribution >= 0.6 is 0 Å².